The number of amides is 1. The molecule has 2 aromatic carbocycles. The zero-order chi connectivity index (χ0) is 18.7. The van der Waals surface area contributed by atoms with Gasteiger partial charge in [-0.3, -0.25) is 14.4 Å². The molecule has 134 valence electrons. The van der Waals surface area contributed by atoms with E-state index in [0.29, 0.717) is 10.6 Å². The lowest BCUT2D eigenvalue weighted by molar-refractivity contribution is -0.147. The van der Waals surface area contributed by atoms with Gasteiger partial charge in [0.1, 0.15) is 0 Å². The Balaban J connectivity index is 1.57. The predicted molar refractivity (Wildman–Crippen MR) is 101 cm³/mol. The molecule has 1 fully saturated rings. The second-order valence-electron chi connectivity index (χ2n) is 5.92. The van der Waals surface area contributed by atoms with Gasteiger partial charge < -0.3 is 9.64 Å². The summed E-state index contributed by atoms with van der Waals surface area (Å²) in [5.41, 5.74) is 1.15. The predicted octanol–water partition coefficient (Wildman–Crippen LogP) is 3.88. The zero-order valence-electron chi connectivity index (χ0n) is 13.7. The number of carbonyl (C=O) groups is 3. The number of Topliss-reactive ketones (excluding diaryl/α,β-unsaturated/α-hetero) is 1. The topological polar surface area (TPSA) is 63.7 Å². The largest absolute Gasteiger partial charge is 0.457 e. The monoisotopic (exact) mass is 435 g/mol. The molecule has 5 nitrogen and oxygen atoms in total. The summed E-state index contributed by atoms with van der Waals surface area (Å²) in [6, 6.07) is 13.6. The van der Waals surface area contributed by atoms with Crippen molar-refractivity contribution in [2.24, 2.45) is 5.92 Å². The summed E-state index contributed by atoms with van der Waals surface area (Å²) in [7, 11) is 0. The molecule has 0 unspecified atom stereocenters. The summed E-state index contributed by atoms with van der Waals surface area (Å²) >= 11 is 9.13. The Morgan fingerprint density at radius 1 is 1.12 bits per heavy atom. The van der Waals surface area contributed by atoms with Crippen LogP contribution in [0.2, 0.25) is 5.02 Å². The summed E-state index contributed by atoms with van der Waals surface area (Å²) in [4.78, 5) is 38.0. The highest BCUT2D eigenvalue weighted by atomic mass is 79.9. The van der Waals surface area contributed by atoms with Crippen LogP contribution in [0.3, 0.4) is 0 Å². The first-order chi connectivity index (χ1) is 12.4. The summed E-state index contributed by atoms with van der Waals surface area (Å²) in [6.07, 6.45) is 0.0734. The van der Waals surface area contributed by atoms with Gasteiger partial charge in [-0.25, -0.2) is 0 Å². The molecule has 1 atom stereocenters. The third-order valence-corrected chi connectivity index (χ3v) is 4.89. The fraction of sp³-hybridized carbons (Fsp3) is 0.211. The minimum atomic E-state index is -0.579. The normalized spacial score (nSPS) is 16.6. The number of halogens is 2. The van der Waals surface area contributed by atoms with Crippen molar-refractivity contribution >= 4 is 50.9 Å². The summed E-state index contributed by atoms with van der Waals surface area (Å²) in [6.45, 7) is -0.113. The van der Waals surface area contributed by atoms with E-state index in [-0.39, 0.29) is 31.3 Å². The van der Waals surface area contributed by atoms with E-state index in [4.69, 9.17) is 16.3 Å². The number of hydrogen-bond donors (Lipinski definition) is 0. The molecule has 2 aromatic rings. The van der Waals surface area contributed by atoms with Gasteiger partial charge in [0.2, 0.25) is 5.91 Å². The van der Waals surface area contributed by atoms with Gasteiger partial charge in [0, 0.05) is 33.7 Å². The molecule has 1 heterocycles. The quantitative estimate of drug-likeness (QED) is 0.527. The van der Waals surface area contributed by atoms with E-state index in [2.05, 4.69) is 15.9 Å². The first-order valence-electron chi connectivity index (χ1n) is 7.95. The van der Waals surface area contributed by atoms with Crippen LogP contribution in [0.1, 0.15) is 16.8 Å². The maximum Gasteiger partial charge on any atom is 0.311 e. The number of anilines is 1. The average molecular weight is 437 g/mol. The first kappa shape index (κ1) is 18.6. The Kier molecular flexibility index (Phi) is 5.74. The van der Waals surface area contributed by atoms with E-state index in [9.17, 15) is 14.4 Å². The fourth-order valence-corrected chi connectivity index (χ4v) is 3.10. The van der Waals surface area contributed by atoms with Crippen molar-refractivity contribution in [3.63, 3.8) is 0 Å². The third kappa shape index (κ3) is 4.31. The van der Waals surface area contributed by atoms with Crippen LogP contribution in [-0.2, 0) is 14.3 Å². The number of carbonyl (C=O) groups excluding carboxylic acids is 3. The highest BCUT2D eigenvalue weighted by Crippen LogP contribution is 2.27. The van der Waals surface area contributed by atoms with E-state index in [1.165, 1.54) is 0 Å². The summed E-state index contributed by atoms with van der Waals surface area (Å²) in [5, 5.41) is 0.524. The van der Waals surface area contributed by atoms with Gasteiger partial charge in [-0.15, -0.1) is 0 Å². The lowest BCUT2D eigenvalue weighted by Crippen LogP contribution is -2.27. The number of ketones is 1. The molecule has 0 saturated carbocycles. The fourth-order valence-electron chi connectivity index (χ4n) is 2.71. The zero-order valence-corrected chi connectivity index (χ0v) is 16.0. The van der Waals surface area contributed by atoms with E-state index in [0.717, 1.165) is 10.2 Å². The summed E-state index contributed by atoms with van der Waals surface area (Å²) < 4.78 is 6.02. The van der Waals surface area contributed by atoms with E-state index >= 15 is 0 Å². The molecule has 7 heteroatoms. The number of ether oxygens (including phenoxy) is 1. The minimum Gasteiger partial charge on any atom is -0.457 e. The molecule has 1 aliphatic heterocycles. The van der Waals surface area contributed by atoms with Gasteiger partial charge >= 0.3 is 5.97 Å². The Hall–Kier alpha value is -2.18. The molecule has 0 bridgehead atoms. The molecule has 3 rings (SSSR count). The third-order valence-electron chi connectivity index (χ3n) is 4.11. The van der Waals surface area contributed by atoms with Crippen LogP contribution in [0.4, 0.5) is 5.69 Å². The van der Waals surface area contributed by atoms with Crippen LogP contribution in [0, 0.1) is 5.92 Å². The molecule has 0 radical (unpaired) electrons. The Morgan fingerprint density at radius 2 is 1.77 bits per heavy atom. The van der Waals surface area contributed by atoms with E-state index in [1.54, 1.807) is 41.3 Å². The smallest absolute Gasteiger partial charge is 0.311 e. The van der Waals surface area contributed by atoms with Crippen molar-refractivity contribution in [3.8, 4) is 0 Å². The molecule has 1 saturated heterocycles. The molecule has 0 aromatic heterocycles. The van der Waals surface area contributed by atoms with Gasteiger partial charge in [0.25, 0.3) is 0 Å². The van der Waals surface area contributed by atoms with Crippen molar-refractivity contribution in [2.75, 3.05) is 18.1 Å². The molecule has 0 aliphatic carbocycles. The van der Waals surface area contributed by atoms with Gasteiger partial charge in [0.15, 0.2) is 12.4 Å². The number of benzene rings is 2. The van der Waals surface area contributed by atoms with Crippen molar-refractivity contribution in [2.45, 2.75) is 6.42 Å². The highest BCUT2D eigenvalue weighted by molar-refractivity contribution is 9.10. The van der Waals surface area contributed by atoms with Crippen LogP contribution >= 0.6 is 27.5 Å². The number of hydrogen-bond acceptors (Lipinski definition) is 4. The standard InChI is InChI=1S/C19H15BrClNO4/c20-14-3-7-16(8-4-14)22-10-13(9-18(22)24)19(25)26-11-17(23)12-1-5-15(21)6-2-12/h1-8,13H,9-11H2/t13-/m0/s1. The Morgan fingerprint density at radius 3 is 2.42 bits per heavy atom. The lowest BCUT2D eigenvalue weighted by atomic mass is 10.1. The summed E-state index contributed by atoms with van der Waals surface area (Å²) in [5.74, 6) is -1.58. The second kappa shape index (κ2) is 8.01. The van der Waals surface area contributed by atoms with Crippen LogP contribution < -0.4 is 4.90 Å². The van der Waals surface area contributed by atoms with Crippen LogP contribution in [0.5, 0.6) is 0 Å². The van der Waals surface area contributed by atoms with Crippen molar-refractivity contribution in [3.05, 3.63) is 63.6 Å². The lowest BCUT2D eigenvalue weighted by Gasteiger charge is -2.16. The van der Waals surface area contributed by atoms with E-state index < -0.39 is 11.9 Å². The Labute approximate surface area is 164 Å². The van der Waals surface area contributed by atoms with Gasteiger partial charge in [0.05, 0.1) is 5.92 Å². The molecule has 0 spiro atoms. The first-order valence-corrected chi connectivity index (χ1v) is 9.12. The maximum atomic E-state index is 12.2. The molecular formula is C19H15BrClNO4. The molecule has 26 heavy (non-hydrogen) atoms. The van der Waals surface area contributed by atoms with Crippen molar-refractivity contribution in [1.29, 1.82) is 0 Å². The van der Waals surface area contributed by atoms with Crippen LogP contribution in [0.15, 0.2) is 53.0 Å². The molecule has 1 amide bonds. The minimum absolute atomic E-state index is 0.0734. The highest BCUT2D eigenvalue weighted by Gasteiger charge is 2.36. The van der Waals surface area contributed by atoms with E-state index in [1.807, 2.05) is 12.1 Å². The second-order valence-corrected chi connectivity index (χ2v) is 7.27. The van der Waals surface area contributed by atoms with Crippen molar-refractivity contribution in [1.82, 2.24) is 0 Å². The number of esters is 1. The maximum absolute atomic E-state index is 12.2. The van der Waals surface area contributed by atoms with Gasteiger partial charge in [-0.1, -0.05) is 27.5 Å². The number of nitrogens with zero attached hydrogens (tertiary/aromatic N) is 1. The number of rotatable bonds is 5. The van der Waals surface area contributed by atoms with Crippen LogP contribution in [-0.4, -0.2) is 30.8 Å². The molecular weight excluding hydrogens is 422 g/mol. The average Bonchev–Trinajstić information content (AvgIpc) is 3.02. The van der Waals surface area contributed by atoms with Gasteiger partial charge in [-0.2, -0.15) is 0 Å². The van der Waals surface area contributed by atoms with Crippen molar-refractivity contribution < 1.29 is 19.1 Å². The molecule has 1 aliphatic rings. The van der Waals surface area contributed by atoms with Crippen LogP contribution in [0.25, 0.3) is 0 Å². The van der Waals surface area contributed by atoms with Gasteiger partial charge in [-0.05, 0) is 48.5 Å². The molecule has 0 N–H and O–H groups in total. The SMILES string of the molecule is O=C(COC(=O)[C@H]1CC(=O)N(c2ccc(Br)cc2)C1)c1ccc(Cl)cc1. The Bertz CT molecular complexity index is 836.